The summed E-state index contributed by atoms with van der Waals surface area (Å²) in [6.07, 6.45) is 33.6. The first kappa shape index (κ1) is 44.6. The number of hydrogen-bond acceptors (Lipinski definition) is 11. The van der Waals surface area contributed by atoms with Crippen LogP contribution in [0.5, 0.6) is 0 Å². The van der Waals surface area contributed by atoms with Crippen molar-refractivity contribution in [3.8, 4) is 0 Å². The molecule has 5 heterocycles. The van der Waals surface area contributed by atoms with E-state index in [4.69, 9.17) is 4.18 Å². The first-order valence-corrected chi connectivity index (χ1v) is 27.9. The molecule has 1 aromatic carbocycles. The molecule has 9 fully saturated rings. The van der Waals surface area contributed by atoms with E-state index in [2.05, 4.69) is 49.5 Å². The third kappa shape index (κ3) is 9.64. The number of hydrogen-bond donors (Lipinski definition) is 8. The van der Waals surface area contributed by atoms with E-state index in [0.29, 0.717) is 52.7 Å². The Kier molecular flexibility index (Phi) is 14.7. The first-order chi connectivity index (χ1) is 30.4. The number of nitrogens with one attached hydrogen (secondary N) is 8. The van der Waals surface area contributed by atoms with Gasteiger partial charge in [0.2, 0.25) is 0 Å². The third-order valence-corrected chi connectivity index (χ3v) is 19.5. The summed E-state index contributed by atoms with van der Waals surface area (Å²) in [5.41, 5.74) is 1.22. The average Bonchev–Trinajstić information content (AvgIpc) is 4.03. The van der Waals surface area contributed by atoms with Gasteiger partial charge in [-0.1, -0.05) is 122 Å². The number of benzene rings is 1. The summed E-state index contributed by atoms with van der Waals surface area (Å²) in [6, 6.07) is 7.64. The molecule has 5 saturated heterocycles. The Morgan fingerprint density at radius 3 is 1.21 bits per heavy atom. The second-order valence-corrected chi connectivity index (χ2v) is 23.4. The lowest BCUT2D eigenvalue weighted by atomic mass is 9.75. The molecule has 0 amide bonds. The van der Waals surface area contributed by atoms with Crippen molar-refractivity contribution < 1.29 is 12.6 Å². The molecule has 0 aromatic heterocycles. The Hall–Kier alpha value is -1.19. The predicted octanol–water partition coefficient (Wildman–Crippen LogP) is 7.45. The number of unbranched alkanes of at least 4 members (excludes halogenated alkanes) is 9. The molecule has 62 heavy (non-hydrogen) atoms. The van der Waals surface area contributed by atoms with E-state index in [1.165, 1.54) is 140 Å². The zero-order valence-electron chi connectivity index (χ0n) is 38.1. The SMILES string of the molecule is CCCCCCCCCCCCc1ccc(S(=O)(=O)OC2CCCC3C4NC5NC(NC6NC(NC7NC(NC(N4)C23)C2CCCCC72)C2CCCCC62)C2CCCCC52)cc1. The fourth-order valence-corrected chi connectivity index (χ4v) is 16.1. The van der Waals surface area contributed by atoms with Gasteiger partial charge in [-0.15, -0.1) is 0 Å². The Labute approximate surface area is 375 Å². The van der Waals surface area contributed by atoms with Gasteiger partial charge >= 0.3 is 0 Å². The van der Waals surface area contributed by atoms with Crippen molar-refractivity contribution in [2.75, 3.05) is 0 Å². The number of fused-ring (bicyclic) bond motifs is 20. The molecule has 12 heteroatoms. The molecule has 348 valence electrons. The van der Waals surface area contributed by atoms with Crippen molar-refractivity contribution in [3.05, 3.63) is 29.8 Å². The normalized spacial score (nSPS) is 42.8. The van der Waals surface area contributed by atoms with Gasteiger partial charge in [0.05, 0.1) is 60.3 Å². The van der Waals surface area contributed by atoms with Gasteiger partial charge in [0.1, 0.15) is 0 Å². The van der Waals surface area contributed by atoms with Crippen LogP contribution < -0.4 is 42.5 Å². The topological polar surface area (TPSA) is 140 Å². The first-order valence-electron chi connectivity index (χ1n) is 26.5. The van der Waals surface area contributed by atoms with Crippen molar-refractivity contribution in [1.82, 2.24) is 42.5 Å². The lowest BCUT2D eigenvalue weighted by Crippen LogP contribution is -2.62. The van der Waals surface area contributed by atoms with E-state index < -0.39 is 16.2 Å². The molecule has 0 radical (unpaired) electrons. The predicted molar refractivity (Wildman–Crippen MR) is 247 cm³/mol. The third-order valence-electron chi connectivity index (χ3n) is 18.1. The molecule has 11 nitrogen and oxygen atoms in total. The standard InChI is InChI=1S/C50H84N8O3S/c1-2-3-4-5-6-7-8-9-10-11-19-32-28-30-33(31-29-32)62(59,60)61-41-27-18-26-40-42(41)50-57-48-39-25-17-16-24-38(39)46(55-48)53-44-35-21-13-12-20-34(35)43(51-44)52-45-36-22-14-15-23-37(36)47(54-45)56-49(40)58-50/h28-31,34-58H,2-27H2,1H3. The van der Waals surface area contributed by atoms with Crippen LogP contribution in [0.25, 0.3) is 0 Å². The highest BCUT2D eigenvalue weighted by atomic mass is 32.2. The largest absolute Gasteiger partial charge is 0.297 e. The van der Waals surface area contributed by atoms with E-state index in [1.807, 2.05) is 12.1 Å². The van der Waals surface area contributed by atoms with E-state index in [0.717, 1.165) is 32.1 Å². The lowest BCUT2D eigenvalue weighted by Gasteiger charge is -2.38. The molecule has 8 bridgehead atoms. The molecule has 17 atom stereocenters. The van der Waals surface area contributed by atoms with Gasteiger partial charge in [0, 0.05) is 5.92 Å². The maximum atomic E-state index is 14.2. The van der Waals surface area contributed by atoms with Crippen LogP contribution in [-0.2, 0) is 20.7 Å². The minimum Gasteiger partial charge on any atom is -0.286 e. The number of rotatable bonds is 14. The van der Waals surface area contributed by atoms with Crippen LogP contribution in [0.2, 0.25) is 0 Å². The Balaban J connectivity index is 0.849. The molecule has 5 aliphatic heterocycles. The molecule has 1 aromatic rings. The fraction of sp³-hybridized carbons (Fsp3) is 0.880. The van der Waals surface area contributed by atoms with Gasteiger partial charge in [-0.2, -0.15) is 8.42 Å². The average molecular weight is 877 g/mol. The summed E-state index contributed by atoms with van der Waals surface area (Å²) < 4.78 is 34.9. The molecule has 0 spiro atoms. The van der Waals surface area contributed by atoms with Crippen LogP contribution in [-0.4, -0.2) is 63.8 Å². The Bertz CT molecular complexity index is 1700. The van der Waals surface area contributed by atoms with Crippen molar-refractivity contribution >= 4 is 10.1 Å². The maximum Gasteiger partial charge on any atom is 0.297 e. The van der Waals surface area contributed by atoms with E-state index in [1.54, 1.807) is 12.1 Å². The van der Waals surface area contributed by atoms with E-state index in [-0.39, 0.29) is 48.8 Å². The van der Waals surface area contributed by atoms with Gasteiger partial charge in [-0.3, -0.25) is 46.7 Å². The summed E-state index contributed by atoms with van der Waals surface area (Å²) in [4.78, 5) is 0.290. The van der Waals surface area contributed by atoms with E-state index >= 15 is 0 Å². The van der Waals surface area contributed by atoms with Crippen molar-refractivity contribution in [2.24, 2.45) is 47.3 Å². The smallest absolute Gasteiger partial charge is 0.286 e. The summed E-state index contributed by atoms with van der Waals surface area (Å²) in [6.45, 7) is 2.28. The zero-order chi connectivity index (χ0) is 42.0. The molecule has 17 unspecified atom stereocenters. The van der Waals surface area contributed by atoms with Crippen LogP contribution in [0.1, 0.15) is 173 Å². The zero-order valence-corrected chi connectivity index (χ0v) is 39.0. The second kappa shape index (κ2) is 20.4. The van der Waals surface area contributed by atoms with Crippen molar-refractivity contribution in [1.29, 1.82) is 0 Å². The van der Waals surface area contributed by atoms with Gasteiger partial charge < -0.3 is 0 Å². The number of aryl methyl sites for hydroxylation is 1. The minimum atomic E-state index is -3.95. The van der Waals surface area contributed by atoms with Crippen LogP contribution in [0.15, 0.2) is 29.2 Å². The summed E-state index contributed by atoms with van der Waals surface area (Å²) in [7, 11) is -3.95. The van der Waals surface area contributed by atoms with Crippen molar-refractivity contribution in [3.63, 3.8) is 0 Å². The maximum absolute atomic E-state index is 14.2. The summed E-state index contributed by atoms with van der Waals surface area (Å²) in [5.74, 6) is 3.88. The Morgan fingerprint density at radius 1 is 0.435 bits per heavy atom. The molecule has 4 aliphatic carbocycles. The molecule has 8 N–H and O–H groups in total. The van der Waals surface area contributed by atoms with E-state index in [9.17, 15) is 8.42 Å². The highest BCUT2D eigenvalue weighted by Crippen LogP contribution is 2.46. The van der Waals surface area contributed by atoms with Gasteiger partial charge in [0.15, 0.2) is 0 Å². The quantitative estimate of drug-likeness (QED) is 0.0699. The molecular weight excluding hydrogens is 793 g/mol. The van der Waals surface area contributed by atoms with Crippen LogP contribution in [0, 0.1) is 47.3 Å². The van der Waals surface area contributed by atoms with Crippen LogP contribution in [0.4, 0.5) is 0 Å². The van der Waals surface area contributed by atoms with Crippen molar-refractivity contribution in [2.45, 2.75) is 234 Å². The van der Waals surface area contributed by atoms with Gasteiger partial charge in [-0.05, 0) is 123 Å². The summed E-state index contributed by atoms with van der Waals surface area (Å²) in [5, 5.41) is 33.5. The monoisotopic (exact) mass is 877 g/mol. The second-order valence-electron chi connectivity index (χ2n) is 21.8. The highest BCUT2D eigenvalue weighted by molar-refractivity contribution is 7.86. The summed E-state index contributed by atoms with van der Waals surface area (Å²) >= 11 is 0. The molecule has 9 aliphatic rings. The molecular formula is C50H84N8O3S. The van der Waals surface area contributed by atoms with Gasteiger partial charge in [-0.25, -0.2) is 0 Å². The lowest BCUT2D eigenvalue weighted by molar-refractivity contribution is 0.0471. The molecule has 10 rings (SSSR count). The minimum absolute atomic E-state index is 0.0244. The highest BCUT2D eigenvalue weighted by Gasteiger charge is 2.56. The Morgan fingerprint density at radius 2 is 0.790 bits per heavy atom. The fourth-order valence-electron chi connectivity index (χ4n) is 15.0. The van der Waals surface area contributed by atoms with Crippen LogP contribution >= 0.6 is 0 Å². The van der Waals surface area contributed by atoms with Gasteiger partial charge in [0.25, 0.3) is 10.1 Å². The molecule has 4 saturated carbocycles. The van der Waals surface area contributed by atoms with Crippen LogP contribution in [0.3, 0.4) is 0 Å².